The summed E-state index contributed by atoms with van der Waals surface area (Å²) >= 11 is 0. The van der Waals surface area contributed by atoms with Crippen LogP contribution >= 0.6 is 0 Å². The van der Waals surface area contributed by atoms with Crippen molar-refractivity contribution in [2.24, 2.45) is 0 Å². The molecule has 3 heterocycles. The van der Waals surface area contributed by atoms with Crippen LogP contribution in [0.1, 0.15) is 33.4 Å². The Balaban J connectivity index is 1.12. The molecule has 1 amide bonds. The molecule has 0 saturated heterocycles. The molecule has 1 aromatic heterocycles. The maximum atomic E-state index is 12.6. The van der Waals surface area contributed by atoms with Crippen LogP contribution in [0.15, 0.2) is 85.2 Å². The van der Waals surface area contributed by atoms with Gasteiger partial charge in [0.2, 0.25) is 5.82 Å². The van der Waals surface area contributed by atoms with E-state index in [1.165, 1.54) is 39.2 Å². The molecule has 10 nitrogen and oxygen atoms in total. The van der Waals surface area contributed by atoms with E-state index in [1.807, 2.05) is 24.3 Å². The van der Waals surface area contributed by atoms with E-state index in [1.54, 1.807) is 0 Å². The van der Waals surface area contributed by atoms with E-state index in [9.17, 15) is 4.79 Å². The second-order valence-corrected chi connectivity index (χ2v) is 17.7. The average Bonchev–Trinajstić information content (AvgIpc) is 3.48. The van der Waals surface area contributed by atoms with Crippen molar-refractivity contribution in [3.05, 3.63) is 119 Å². The van der Waals surface area contributed by atoms with Gasteiger partial charge in [0.15, 0.2) is 6.33 Å². The van der Waals surface area contributed by atoms with Gasteiger partial charge >= 0.3 is 6.09 Å². The van der Waals surface area contributed by atoms with Gasteiger partial charge in [-0.1, -0.05) is 61.6 Å². The number of aromatic nitrogens is 4. The fourth-order valence-corrected chi connectivity index (χ4v) is 10.1. The molecule has 1 spiro atoms. The largest absolute Gasteiger partial charge is 0.445 e. The number of amides is 1. The number of fused-ring (bicyclic) bond motifs is 6. The van der Waals surface area contributed by atoms with Crippen molar-refractivity contribution in [1.82, 2.24) is 25.7 Å². The molecule has 0 saturated carbocycles. The highest BCUT2D eigenvalue weighted by atomic mass is 28.3. The van der Waals surface area contributed by atoms with Crippen molar-refractivity contribution in [3.8, 4) is 11.4 Å². The van der Waals surface area contributed by atoms with Crippen molar-refractivity contribution < 1.29 is 14.3 Å². The molecule has 1 N–H and O–H groups in total. The smallest absolute Gasteiger partial charge is 0.407 e. The fraction of sp³-hybridized carbons (Fsp3) is 0.270. The third-order valence-corrected chi connectivity index (χ3v) is 13.1. The zero-order valence-electron chi connectivity index (χ0n) is 28.1. The van der Waals surface area contributed by atoms with Crippen LogP contribution in [0.4, 0.5) is 16.2 Å². The number of alkyl carbamates (subject to hydrolysis) is 1. The number of ether oxygens (including phenoxy) is 2. The zero-order valence-corrected chi connectivity index (χ0v) is 29.1. The molecule has 11 heteroatoms. The Hall–Kier alpha value is -5.13. The predicted molar refractivity (Wildman–Crippen MR) is 189 cm³/mol. The van der Waals surface area contributed by atoms with Gasteiger partial charge in [0.25, 0.3) is 0 Å². The number of hydrogen-bond donors (Lipinski definition) is 1. The second-order valence-electron chi connectivity index (χ2n) is 13.3. The third kappa shape index (κ3) is 5.38. The van der Waals surface area contributed by atoms with Crippen LogP contribution in [0.5, 0.6) is 0 Å². The lowest BCUT2D eigenvalue weighted by molar-refractivity contribution is 0.0276. The Morgan fingerprint density at radius 2 is 1.40 bits per heavy atom. The molecule has 48 heavy (non-hydrogen) atoms. The van der Waals surface area contributed by atoms with Crippen LogP contribution in [0.3, 0.4) is 0 Å². The molecule has 0 radical (unpaired) electrons. The molecule has 2 aliphatic heterocycles. The highest BCUT2D eigenvalue weighted by Crippen LogP contribution is 2.49. The Morgan fingerprint density at radius 1 is 0.812 bits per heavy atom. The summed E-state index contributed by atoms with van der Waals surface area (Å²) in [7, 11) is 6.27. The lowest BCUT2D eigenvalue weighted by atomic mass is 9.79. The lowest BCUT2D eigenvalue weighted by Gasteiger charge is -2.45. The maximum absolute atomic E-state index is 12.6. The summed E-state index contributed by atoms with van der Waals surface area (Å²) in [4.78, 5) is 17.0. The molecule has 0 fully saturated rings. The van der Waals surface area contributed by atoms with E-state index in [4.69, 9.17) is 9.47 Å². The van der Waals surface area contributed by atoms with Crippen molar-refractivity contribution in [1.29, 1.82) is 0 Å². The highest BCUT2D eigenvalue weighted by molar-refractivity contribution is 7.01. The number of carbonyl (C=O) groups excluding carboxylic acids is 1. The topological polar surface area (TPSA) is 106 Å². The summed E-state index contributed by atoms with van der Waals surface area (Å²) in [6, 6.07) is 27.6. The fourth-order valence-electron chi connectivity index (χ4n) is 6.93. The van der Waals surface area contributed by atoms with E-state index in [0.29, 0.717) is 19.0 Å². The first-order chi connectivity index (χ1) is 23.1. The molecule has 244 valence electrons. The normalized spacial score (nSPS) is 14.9. The SMILES string of the molecule is CN(C)c1ccc2c(c1)[Si](C)(C)c1cc(N(C)C)ccc1C21OCc2cc(COC(=O)NCc3ccc(-c4nncnn4)cc3)ccc21. The lowest BCUT2D eigenvalue weighted by Crippen LogP contribution is -2.63. The predicted octanol–water partition coefficient (Wildman–Crippen LogP) is 4.45. The van der Waals surface area contributed by atoms with Crippen LogP contribution in [-0.4, -0.2) is 62.8 Å². The van der Waals surface area contributed by atoms with Crippen LogP contribution in [0, 0.1) is 0 Å². The van der Waals surface area contributed by atoms with Crippen molar-refractivity contribution in [2.75, 3.05) is 38.0 Å². The van der Waals surface area contributed by atoms with Crippen LogP contribution < -0.4 is 25.5 Å². The first-order valence-corrected chi connectivity index (χ1v) is 19.0. The Bertz CT molecular complexity index is 1940. The van der Waals surface area contributed by atoms with Gasteiger partial charge < -0.3 is 24.6 Å². The number of nitrogens with one attached hydrogen (secondary N) is 1. The third-order valence-electron chi connectivity index (χ3n) is 9.56. The number of carbonyl (C=O) groups is 1. The highest BCUT2D eigenvalue weighted by Gasteiger charge is 2.53. The molecule has 7 rings (SSSR count). The molecule has 2 aliphatic rings. The van der Waals surface area contributed by atoms with Gasteiger partial charge in [-0.05, 0) is 74.1 Å². The quantitative estimate of drug-likeness (QED) is 0.254. The molecular weight excluding hydrogens is 619 g/mol. The van der Waals surface area contributed by atoms with Gasteiger partial charge in [-0.3, -0.25) is 0 Å². The summed E-state index contributed by atoms with van der Waals surface area (Å²) in [5.41, 5.74) is 9.02. The van der Waals surface area contributed by atoms with E-state index in [-0.39, 0.29) is 6.61 Å². The number of hydrogen-bond acceptors (Lipinski definition) is 9. The number of rotatable bonds is 7. The van der Waals surface area contributed by atoms with Gasteiger partial charge in [0.05, 0.1) is 6.61 Å². The van der Waals surface area contributed by atoms with Gasteiger partial charge in [-0.25, -0.2) is 4.79 Å². The Kier molecular flexibility index (Phi) is 7.96. The summed E-state index contributed by atoms with van der Waals surface area (Å²) in [6.45, 7) is 5.85. The van der Waals surface area contributed by atoms with Crippen molar-refractivity contribution in [3.63, 3.8) is 0 Å². The van der Waals surface area contributed by atoms with E-state index in [0.717, 1.165) is 27.8 Å². The van der Waals surface area contributed by atoms with Gasteiger partial charge in [-0.15, -0.1) is 20.4 Å². The maximum Gasteiger partial charge on any atom is 0.407 e. The Morgan fingerprint density at radius 3 is 2.00 bits per heavy atom. The van der Waals surface area contributed by atoms with E-state index in [2.05, 4.69) is 131 Å². The van der Waals surface area contributed by atoms with Crippen LogP contribution in [-0.2, 0) is 34.8 Å². The summed E-state index contributed by atoms with van der Waals surface area (Å²) < 4.78 is 12.6. The first-order valence-electron chi connectivity index (χ1n) is 16.0. The molecule has 0 aliphatic carbocycles. The van der Waals surface area contributed by atoms with Crippen molar-refractivity contribution >= 4 is 35.9 Å². The first kappa shape index (κ1) is 31.5. The number of nitrogens with zero attached hydrogens (tertiary/aromatic N) is 6. The molecular formula is C37H39N7O3Si. The standard InChI is InChI=1S/C37H39N7O3Si/c1-43(2)28-12-15-31-33(18-28)48(5,6)34-19-29(44(3)4)13-16-32(34)37(31)30-14-9-25(17-27(30)22-47-37)21-46-36(45)38-20-24-7-10-26(11-8-24)35-41-39-23-40-42-35/h7-19,23H,20-22H2,1-6H3,(H,38,45). The second kappa shape index (κ2) is 12.1. The molecule has 4 aromatic carbocycles. The molecule has 5 aromatic rings. The molecule has 0 unspecified atom stereocenters. The minimum absolute atomic E-state index is 0.155. The summed E-state index contributed by atoms with van der Waals surface area (Å²) in [5.74, 6) is 0.446. The van der Waals surface area contributed by atoms with Gasteiger partial charge in [-0.2, -0.15) is 0 Å². The van der Waals surface area contributed by atoms with Gasteiger partial charge in [0, 0.05) is 51.7 Å². The summed E-state index contributed by atoms with van der Waals surface area (Å²) in [6.07, 6.45) is 0.807. The van der Waals surface area contributed by atoms with Gasteiger partial charge in [0.1, 0.15) is 20.3 Å². The summed E-state index contributed by atoms with van der Waals surface area (Å²) in [5, 5.41) is 21.1. The van der Waals surface area contributed by atoms with Crippen LogP contribution in [0.2, 0.25) is 13.1 Å². The minimum Gasteiger partial charge on any atom is -0.445 e. The van der Waals surface area contributed by atoms with E-state index < -0.39 is 19.8 Å². The van der Waals surface area contributed by atoms with Crippen LogP contribution in [0.25, 0.3) is 11.4 Å². The molecule has 0 atom stereocenters. The van der Waals surface area contributed by atoms with E-state index >= 15 is 0 Å². The number of benzene rings is 4. The zero-order chi connectivity index (χ0) is 33.6. The Labute approximate surface area is 281 Å². The van der Waals surface area contributed by atoms with Crippen molar-refractivity contribution in [2.45, 2.75) is 38.5 Å². The minimum atomic E-state index is -2.10. The number of anilines is 2. The monoisotopic (exact) mass is 657 g/mol. The average molecular weight is 658 g/mol. The molecule has 0 bridgehead atoms.